The summed E-state index contributed by atoms with van der Waals surface area (Å²) in [5, 5.41) is 0. The second-order valence-electron chi connectivity index (χ2n) is 8.05. The molecule has 0 saturated carbocycles. The summed E-state index contributed by atoms with van der Waals surface area (Å²) in [4.78, 5) is -0.379. The summed E-state index contributed by atoms with van der Waals surface area (Å²) < 4.78 is 84.3. The smallest absolute Gasteiger partial charge is 0.296 e. The van der Waals surface area contributed by atoms with Gasteiger partial charge in [-0.3, -0.25) is 9.11 Å². The van der Waals surface area contributed by atoms with Gasteiger partial charge in [0.05, 0.1) is 43.9 Å². The monoisotopic (exact) mass is 624 g/mol. The van der Waals surface area contributed by atoms with Gasteiger partial charge < -0.3 is 34.4 Å². The Morgan fingerprint density at radius 2 is 0.854 bits per heavy atom. The highest BCUT2D eigenvalue weighted by Gasteiger charge is 2.20. The molecule has 0 unspecified atom stereocenters. The average Bonchev–Trinajstić information content (AvgIpc) is 2.90. The molecule has 0 radical (unpaired) electrons. The maximum absolute atomic E-state index is 12.2. The van der Waals surface area contributed by atoms with E-state index in [1.54, 1.807) is 54.6 Å². The summed E-state index contributed by atoms with van der Waals surface area (Å²) in [6.45, 7) is 0. The normalized spacial score (nSPS) is 11.4. The first-order valence-electron chi connectivity index (χ1n) is 11.1. The maximum atomic E-state index is 12.2. The molecule has 41 heavy (non-hydrogen) atoms. The second-order valence-corrected chi connectivity index (χ2v) is 12.7. The molecule has 220 valence electrons. The number of anilines is 6. The number of hydrogen-bond donors (Lipinski definition) is 8. The number of nitrogens with two attached hydrogens (primary N) is 6. The summed E-state index contributed by atoms with van der Waals surface area (Å²) in [7, 11) is -12.1. The molecule has 0 aliphatic rings. The van der Waals surface area contributed by atoms with Crippen molar-refractivity contribution >= 4 is 64.2 Å². The van der Waals surface area contributed by atoms with E-state index in [1.165, 1.54) is 24.3 Å². The first-order valence-corrected chi connectivity index (χ1v) is 15.4. The van der Waals surface area contributed by atoms with Gasteiger partial charge in [-0.25, -0.2) is 8.42 Å². The Balaban J connectivity index is 0.000000219. The summed E-state index contributed by atoms with van der Waals surface area (Å²) >= 11 is 0. The van der Waals surface area contributed by atoms with Crippen LogP contribution in [0.4, 0.5) is 34.1 Å². The number of benzene rings is 4. The van der Waals surface area contributed by atoms with E-state index in [4.69, 9.17) is 43.5 Å². The predicted molar refractivity (Wildman–Crippen MR) is 157 cm³/mol. The van der Waals surface area contributed by atoms with Crippen LogP contribution in [0.15, 0.2) is 105 Å². The van der Waals surface area contributed by atoms with E-state index in [1.807, 2.05) is 0 Å². The standard InChI is InChI=1S/C12H11NO2S.C6H10N4O3S.C6H7NO3S/c13-11-8-4-5-9-12(11)16(14,15)10-6-2-1-3-7-10;7-2-1-3(14(11,12)13)5(9)6(10)4(2)8;7-5-3-1-2-4-6(5)11(8,9)10/h1-9H,13H2;1H,7-10H2,(H,11,12,13);1-4H,7H2,(H,8,9,10). The Kier molecular flexibility index (Phi) is 10.2. The molecule has 4 rings (SSSR count). The van der Waals surface area contributed by atoms with E-state index in [9.17, 15) is 25.3 Å². The molecule has 0 aliphatic heterocycles. The lowest BCUT2D eigenvalue weighted by molar-refractivity contribution is 0.481. The van der Waals surface area contributed by atoms with Crippen LogP contribution in [0.3, 0.4) is 0 Å². The SMILES string of the molecule is Nc1cc(S(=O)(=O)O)c(N)c(N)c1N.Nc1ccccc1S(=O)(=O)O.Nc1ccccc1S(=O)(=O)c1ccccc1. The van der Waals surface area contributed by atoms with Crippen LogP contribution in [0.25, 0.3) is 0 Å². The average molecular weight is 625 g/mol. The molecule has 0 amide bonds. The molecule has 0 aromatic heterocycles. The zero-order valence-corrected chi connectivity index (χ0v) is 23.6. The van der Waals surface area contributed by atoms with Crippen molar-refractivity contribution in [2.75, 3.05) is 34.4 Å². The molecule has 0 heterocycles. The van der Waals surface area contributed by atoms with Gasteiger partial charge in [-0.15, -0.1) is 0 Å². The summed E-state index contributed by atoms with van der Waals surface area (Å²) in [6, 6.07) is 21.4. The van der Waals surface area contributed by atoms with Crippen LogP contribution in [-0.4, -0.2) is 34.4 Å². The van der Waals surface area contributed by atoms with Crippen molar-refractivity contribution in [3.63, 3.8) is 0 Å². The highest BCUT2D eigenvalue weighted by molar-refractivity contribution is 7.91. The predicted octanol–water partition coefficient (Wildman–Crippen LogP) is 1.88. The topological polar surface area (TPSA) is 299 Å². The van der Waals surface area contributed by atoms with Crippen LogP contribution in [0.1, 0.15) is 0 Å². The minimum Gasteiger partial charge on any atom is -0.398 e. The van der Waals surface area contributed by atoms with Gasteiger partial charge in [0.15, 0.2) is 0 Å². The van der Waals surface area contributed by atoms with Crippen LogP contribution in [-0.2, 0) is 30.1 Å². The fraction of sp³-hybridized carbons (Fsp3) is 0. The minimum atomic E-state index is -4.44. The zero-order chi connectivity index (χ0) is 31.2. The van der Waals surface area contributed by atoms with Crippen LogP contribution in [0, 0.1) is 0 Å². The number of para-hydroxylation sites is 2. The number of rotatable bonds is 4. The maximum Gasteiger partial charge on any atom is 0.296 e. The first-order chi connectivity index (χ1) is 18.9. The third-order valence-corrected chi connectivity index (χ3v) is 8.85. The number of sulfone groups is 1. The zero-order valence-electron chi connectivity index (χ0n) is 21.1. The quantitative estimate of drug-likeness (QED) is 0.119. The molecule has 0 atom stereocenters. The van der Waals surface area contributed by atoms with Crippen LogP contribution < -0.4 is 34.4 Å². The van der Waals surface area contributed by atoms with Gasteiger partial charge in [-0.1, -0.05) is 42.5 Å². The molecule has 14 N–H and O–H groups in total. The summed E-state index contributed by atoms with van der Waals surface area (Å²) in [6.07, 6.45) is 0. The highest BCUT2D eigenvalue weighted by atomic mass is 32.2. The van der Waals surface area contributed by atoms with Crippen molar-refractivity contribution in [2.45, 2.75) is 19.6 Å². The van der Waals surface area contributed by atoms with Gasteiger partial charge >= 0.3 is 0 Å². The lowest BCUT2D eigenvalue weighted by Crippen LogP contribution is -2.10. The van der Waals surface area contributed by atoms with Crippen molar-refractivity contribution in [3.8, 4) is 0 Å². The molecule has 4 aromatic rings. The van der Waals surface area contributed by atoms with E-state index in [0.717, 1.165) is 6.07 Å². The third-order valence-electron chi connectivity index (χ3n) is 5.18. The van der Waals surface area contributed by atoms with E-state index >= 15 is 0 Å². The molecular formula is C24H28N6O8S3. The first kappa shape index (κ1) is 32.7. The number of hydrogen-bond acceptors (Lipinski definition) is 12. The fourth-order valence-corrected chi connectivity index (χ4v) is 5.80. The summed E-state index contributed by atoms with van der Waals surface area (Å²) in [5.74, 6) is 0. The highest BCUT2D eigenvalue weighted by Crippen LogP contribution is 2.34. The molecule has 0 bridgehead atoms. The van der Waals surface area contributed by atoms with Crippen LogP contribution in [0.2, 0.25) is 0 Å². The van der Waals surface area contributed by atoms with Crippen molar-refractivity contribution in [1.29, 1.82) is 0 Å². The second kappa shape index (κ2) is 12.7. The van der Waals surface area contributed by atoms with Crippen LogP contribution >= 0.6 is 0 Å². The van der Waals surface area contributed by atoms with Gasteiger partial charge in [0.25, 0.3) is 20.2 Å². The minimum absolute atomic E-state index is 0.00472. The van der Waals surface area contributed by atoms with E-state index in [2.05, 4.69) is 0 Å². The van der Waals surface area contributed by atoms with E-state index < -0.39 is 35.0 Å². The van der Waals surface area contributed by atoms with E-state index in [-0.39, 0.29) is 48.8 Å². The molecule has 0 saturated heterocycles. The Morgan fingerprint density at radius 3 is 1.27 bits per heavy atom. The Hall–Kier alpha value is -4.55. The van der Waals surface area contributed by atoms with E-state index in [0.29, 0.717) is 0 Å². The molecule has 4 aromatic carbocycles. The van der Waals surface area contributed by atoms with Gasteiger partial charge in [-0.05, 0) is 42.5 Å². The van der Waals surface area contributed by atoms with Gasteiger partial charge in [0, 0.05) is 0 Å². The molecule has 0 spiro atoms. The fourth-order valence-electron chi connectivity index (χ4n) is 3.11. The van der Waals surface area contributed by atoms with Crippen molar-refractivity contribution < 1.29 is 34.4 Å². The molecule has 0 fully saturated rings. The van der Waals surface area contributed by atoms with Gasteiger partial charge in [-0.2, -0.15) is 16.8 Å². The molecular weight excluding hydrogens is 596 g/mol. The lowest BCUT2D eigenvalue weighted by atomic mass is 10.2. The Morgan fingerprint density at radius 1 is 0.439 bits per heavy atom. The van der Waals surface area contributed by atoms with Crippen molar-refractivity contribution in [2.24, 2.45) is 0 Å². The Labute approximate surface area is 237 Å². The number of nitrogen functional groups attached to an aromatic ring is 6. The van der Waals surface area contributed by atoms with Crippen molar-refractivity contribution in [3.05, 3.63) is 84.9 Å². The largest absolute Gasteiger partial charge is 0.398 e. The van der Waals surface area contributed by atoms with Crippen LogP contribution in [0.5, 0.6) is 0 Å². The van der Waals surface area contributed by atoms with Crippen molar-refractivity contribution in [1.82, 2.24) is 0 Å². The lowest BCUT2D eigenvalue weighted by Gasteiger charge is -2.10. The molecule has 0 aliphatic carbocycles. The molecule has 14 nitrogen and oxygen atoms in total. The van der Waals surface area contributed by atoms with Gasteiger partial charge in [0.1, 0.15) is 9.79 Å². The molecule has 17 heteroatoms. The van der Waals surface area contributed by atoms with Gasteiger partial charge in [0.2, 0.25) is 9.84 Å². The third kappa shape index (κ3) is 8.22. The Bertz CT molecular complexity index is 1870. The summed E-state index contributed by atoms with van der Waals surface area (Å²) in [5.41, 5.74) is 32.2.